The van der Waals surface area contributed by atoms with E-state index in [0.717, 1.165) is 16.9 Å². The van der Waals surface area contributed by atoms with E-state index < -0.39 is 5.60 Å². The van der Waals surface area contributed by atoms with Crippen LogP contribution in [0.4, 0.5) is 0 Å². The summed E-state index contributed by atoms with van der Waals surface area (Å²) in [7, 11) is 0. The predicted octanol–water partition coefficient (Wildman–Crippen LogP) is 3.39. The Bertz CT molecular complexity index is 873. The van der Waals surface area contributed by atoms with Gasteiger partial charge < -0.3 is 24.2 Å². The third-order valence-corrected chi connectivity index (χ3v) is 5.65. The Morgan fingerprint density at radius 2 is 1.93 bits per heavy atom. The number of hydrogen-bond acceptors (Lipinski definition) is 5. The van der Waals surface area contributed by atoms with Crippen LogP contribution in [0.3, 0.4) is 0 Å². The summed E-state index contributed by atoms with van der Waals surface area (Å²) in [6, 6.07) is 13.5. The molecule has 0 unspecified atom stereocenters. The van der Waals surface area contributed by atoms with Crippen molar-refractivity contribution in [3.05, 3.63) is 53.6 Å². The van der Waals surface area contributed by atoms with E-state index in [9.17, 15) is 9.90 Å². The summed E-state index contributed by atoms with van der Waals surface area (Å²) in [4.78, 5) is 14.4. The van der Waals surface area contributed by atoms with Crippen molar-refractivity contribution in [1.82, 2.24) is 4.90 Å². The van der Waals surface area contributed by atoms with Crippen molar-refractivity contribution < 1.29 is 24.1 Å². The fourth-order valence-electron chi connectivity index (χ4n) is 3.89. The highest BCUT2D eigenvalue weighted by Gasteiger charge is 2.35. The summed E-state index contributed by atoms with van der Waals surface area (Å²) in [5, 5.41) is 11.0. The Morgan fingerprint density at radius 3 is 2.72 bits per heavy atom. The number of fused-ring (bicyclic) bond motifs is 1. The lowest BCUT2D eigenvalue weighted by Crippen LogP contribution is -2.45. The SMILES string of the molecule is Cc1cccc(C2(O)CCN(C(=O)CCCOc3ccc4c(c3)OCO4)CC2)c1. The van der Waals surface area contributed by atoms with Gasteiger partial charge in [-0.15, -0.1) is 0 Å². The van der Waals surface area contributed by atoms with Crippen LogP contribution in [0, 0.1) is 6.92 Å². The van der Waals surface area contributed by atoms with E-state index >= 15 is 0 Å². The first-order valence-corrected chi connectivity index (χ1v) is 10.1. The van der Waals surface area contributed by atoms with Gasteiger partial charge in [-0.3, -0.25) is 4.79 Å². The fourth-order valence-corrected chi connectivity index (χ4v) is 3.89. The summed E-state index contributed by atoms with van der Waals surface area (Å²) < 4.78 is 16.3. The van der Waals surface area contributed by atoms with E-state index in [1.54, 1.807) is 6.07 Å². The molecule has 1 saturated heterocycles. The minimum Gasteiger partial charge on any atom is -0.493 e. The van der Waals surface area contributed by atoms with Crippen LogP contribution in [0.2, 0.25) is 0 Å². The third-order valence-electron chi connectivity index (χ3n) is 5.65. The van der Waals surface area contributed by atoms with Crippen LogP contribution in [0.25, 0.3) is 0 Å². The molecule has 1 N–H and O–H groups in total. The van der Waals surface area contributed by atoms with Crippen LogP contribution in [0.1, 0.15) is 36.8 Å². The number of carbonyl (C=O) groups excluding carboxylic acids is 1. The zero-order valence-electron chi connectivity index (χ0n) is 16.7. The van der Waals surface area contributed by atoms with Gasteiger partial charge in [-0.25, -0.2) is 0 Å². The van der Waals surface area contributed by atoms with E-state index in [-0.39, 0.29) is 12.7 Å². The standard InChI is InChI=1S/C23H27NO5/c1-17-4-2-5-18(14-17)23(26)9-11-24(12-10-23)22(25)6-3-13-27-19-7-8-20-21(15-19)29-16-28-20/h2,4-5,7-8,14-15,26H,3,6,9-13,16H2,1H3. The zero-order chi connectivity index (χ0) is 20.3. The molecule has 6 nitrogen and oxygen atoms in total. The number of likely N-dealkylation sites (tertiary alicyclic amines) is 1. The molecule has 0 atom stereocenters. The quantitative estimate of drug-likeness (QED) is 0.757. The van der Waals surface area contributed by atoms with E-state index in [1.165, 1.54) is 0 Å². The highest BCUT2D eigenvalue weighted by atomic mass is 16.7. The lowest BCUT2D eigenvalue weighted by Gasteiger charge is -2.38. The number of aryl methyl sites for hydroxylation is 1. The van der Waals surface area contributed by atoms with Gasteiger partial charge >= 0.3 is 0 Å². The van der Waals surface area contributed by atoms with Gasteiger partial charge in [0.2, 0.25) is 12.7 Å². The smallest absolute Gasteiger partial charge is 0.231 e. The third kappa shape index (κ3) is 4.48. The van der Waals surface area contributed by atoms with Crippen molar-refractivity contribution in [2.24, 2.45) is 0 Å². The Kier molecular flexibility index (Phi) is 5.62. The van der Waals surface area contributed by atoms with E-state index in [4.69, 9.17) is 14.2 Å². The normalized spacial score (nSPS) is 17.2. The molecule has 2 aromatic rings. The van der Waals surface area contributed by atoms with Gasteiger partial charge in [0, 0.05) is 25.6 Å². The Hall–Kier alpha value is -2.73. The highest BCUT2D eigenvalue weighted by Crippen LogP contribution is 2.35. The lowest BCUT2D eigenvalue weighted by atomic mass is 9.84. The minimum absolute atomic E-state index is 0.116. The summed E-state index contributed by atoms with van der Waals surface area (Å²) in [5.41, 5.74) is 1.24. The maximum atomic E-state index is 12.5. The molecule has 1 fully saturated rings. The minimum atomic E-state index is -0.842. The van der Waals surface area contributed by atoms with Gasteiger partial charge in [0.05, 0.1) is 12.2 Å². The number of carbonyl (C=O) groups is 1. The van der Waals surface area contributed by atoms with E-state index in [0.29, 0.717) is 56.9 Å². The van der Waals surface area contributed by atoms with E-state index in [2.05, 4.69) is 0 Å². The zero-order valence-corrected chi connectivity index (χ0v) is 16.7. The summed E-state index contributed by atoms with van der Waals surface area (Å²) >= 11 is 0. The molecular formula is C23H27NO5. The van der Waals surface area contributed by atoms with Crippen LogP contribution >= 0.6 is 0 Å². The Morgan fingerprint density at radius 1 is 1.14 bits per heavy atom. The average Bonchev–Trinajstić information content (AvgIpc) is 3.19. The van der Waals surface area contributed by atoms with E-state index in [1.807, 2.05) is 48.2 Å². The number of nitrogens with zero attached hydrogens (tertiary/aromatic N) is 1. The molecule has 0 aliphatic carbocycles. The molecule has 6 heteroatoms. The van der Waals surface area contributed by atoms with Crippen LogP contribution in [-0.2, 0) is 10.4 Å². The van der Waals surface area contributed by atoms with Gasteiger partial charge in [-0.2, -0.15) is 0 Å². The molecule has 29 heavy (non-hydrogen) atoms. The fraction of sp³-hybridized carbons (Fsp3) is 0.435. The lowest BCUT2D eigenvalue weighted by molar-refractivity contribution is -0.136. The topological polar surface area (TPSA) is 68.2 Å². The van der Waals surface area contributed by atoms with Crippen molar-refractivity contribution >= 4 is 5.91 Å². The highest BCUT2D eigenvalue weighted by molar-refractivity contribution is 5.76. The summed E-state index contributed by atoms with van der Waals surface area (Å²) in [5.74, 6) is 2.24. The number of piperidine rings is 1. The summed E-state index contributed by atoms with van der Waals surface area (Å²) in [6.07, 6.45) is 2.21. The molecule has 2 aromatic carbocycles. The molecule has 2 aliphatic rings. The molecule has 0 spiro atoms. The van der Waals surface area contributed by atoms with Crippen LogP contribution in [0.5, 0.6) is 17.2 Å². The van der Waals surface area contributed by atoms with Gasteiger partial charge in [0.1, 0.15) is 5.75 Å². The monoisotopic (exact) mass is 397 g/mol. The number of ether oxygens (including phenoxy) is 3. The van der Waals surface area contributed by atoms with Crippen molar-refractivity contribution in [2.45, 2.75) is 38.2 Å². The van der Waals surface area contributed by atoms with Gasteiger partial charge in [-0.1, -0.05) is 29.8 Å². The maximum Gasteiger partial charge on any atom is 0.231 e. The molecule has 1 amide bonds. The average molecular weight is 397 g/mol. The van der Waals surface area contributed by atoms with Gasteiger partial charge in [0.25, 0.3) is 0 Å². The molecule has 0 saturated carbocycles. The first-order valence-electron chi connectivity index (χ1n) is 10.1. The second kappa shape index (κ2) is 8.33. The first kappa shape index (κ1) is 19.6. The molecule has 0 aromatic heterocycles. The van der Waals surface area contributed by atoms with Gasteiger partial charge in [-0.05, 0) is 43.9 Å². The Balaban J connectivity index is 1.21. The molecule has 154 valence electrons. The molecule has 0 radical (unpaired) electrons. The number of rotatable bonds is 6. The van der Waals surface area contributed by atoms with Gasteiger partial charge in [0.15, 0.2) is 11.5 Å². The van der Waals surface area contributed by atoms with Crippen LogP contribution < -0.4 is 14.2 Å². The number of aliphatic hydroxyl groups is 1. The molecule has 2 heterocycles. The number of hydrogen-bond donors (Lipinski definition) is 1. The maximum absolute atomic E-state index is 12.5. The second-order valence-electron chi connectivity index (χ2n) is 7.75. The predicted molar refractivity (Wildman–Crippen MR) is 108 cm³/mol. The van der Waals surface area contributed by atoms with Crippen molar-refractivity contribution in [1.29, 1.82) is 0 Å². The van der Waals surface area contributed by atoms with Crippen LogP contribution in [0.15, 0.2) is 42.5 Å². The molecule has 4 rings (SSSR count). The molecule has 0 bridgehead atoms. The molecular weight excluding hydrogens is 370 g/mol. The van der Waals surface area contributed by atoms with Crippen molar-refractivity contribution in [3.8, 4) is 17.2 Å². The largest absolute Gasteiger partial charge is 0.493 e. The number of amides is 1. The Labute approximate surface area is 171 Å². The first-order chi connectivity index (χ1) is 14.0. The van der Waals surface area contributed by atoms with Crippen LogP contribution in [-0.4, -0.2) is 42.4 Å². The molecule has 2 aliphatic heterocycles. The van der Waals surface area contributed by atoms with Crippen molar-refractivity contribution in [3.63, 3.8) is 0 Å². The van der Waals surface area contributed by atoms with Crippen molar-refractivity contribution in [2.75, 3.05) is 26.5 Å². The summed E-state index contributed by atoms with van der Waals surface area (Å²) in [6.45, 7) is 3.88. The number of benzene rings is 2. The second-order valence-corrected chi connectivity index (χ2v) is 7.75.